The third-order valence-corrected chi connectivity index (χ3v) is 3.33. The van der Waals surface area contributed by atoms with Gasteiger partial charge in [-0.05, 0) is 18.1 Å². The van der Waals surface area contributed by atoms with Crippen molar-refractivity contribution in [3.63, 3.8) is 0 Å². The number of benzene rings is 1. The number of carbonyl (C=O) groups excluding carboxylic acids is 1. The van der Waals surface area contributed by atoms with Crippen LogP contribution in [0.4, 0.5) is 13.2 Å². The summed E-state index contributed by atoms with van der Waals surface area (Å²) < 4.78 is 37.0. The third-order valence-electron chi connectivity index (χ3n) is 3.33. The Morgan fingerprint density at radius 2 is 1.85 bits per heavy atom. The minimum Gasteiger partial charge on any atom is -0.336 e. The lowest BCUT2D eigenvalue weighted by Crippen LogP contribution is -2.46. The number of amides is 1. The number of aryl methyl sites for hydroxylation is 1. The van der Waals surface area contributed by atoms with Gasteiger partial charge in [0.25, 0.3) is 5.91 Å². The summed E-state index contributed by atoms with van der Waals surface area (Å²) in [6, 6.07) is 6.56. The van der Waals surface area contributed by atoms with E-state index in [4.69, 9.17) is 0 Å². The lowest BCUT2D eigenvalue weighted by atomic mass is 10.0. The topological polar surface area (TPSA) is 32.3 Å². The maximum absolute atomic E-state index is 12.4. The maximum Gasteiger partial charge on any atom is 0.389 e. The zero-order valence-electron chi connectivity index (χ0n) is 11.0. The Morgan fingerprint density at radius 1 is 1.20 bits per heavy atom. The normalized spacial score (nSPS) is 16.2. The van der Waals surface area contributed by atoms with Gasteiger partial charge in [-0.15, -0.1) is 0 Å². The molecule has 1 aliphatic rings. The number of piperazine rings is 1. The van der Waals surface area contributed by atoms with E-state index in [9.17, 15) is 18.0 Å². The van der Waals surface area contributed by atoms with Crippen LogP contribution < -0.4 is 5.32 Å². The molecule has 1 aliphatic heterocycles. The molecule has 0 radical (unpaired) electrons. The lowest BCUT2D eigenvalue weighted by molar-refractivity contribution is -0.134. The number of hydrogen-bond donors (Lipinski definition) is 1. The monoisotopic (exact) mass is 286 g/mol. The molecule has 1 amide bonds. The molecule has 0 saturated carbocycles. The van der Waals surface area contributed by atoms with Crippen molar-refractivity contribution in [1.82, 2.24) is 10.2 Å². The molecule has 0 unspecified atom stereocenters. The van der Waals surface area contributed by atoms with E-state index in [0.29, 0.717) is 24.2 Å². The number of halogens is 3. The van der Waals surface area contributed by atoms with Crippen molar-refractivity contribution >= 4 is 5.91 Å². The Kier molecular flexibility index (Phi) is 4.65. The van der Waals surface area contributed by atoms with Gasteiger partial charge in [-0.3, -0.25) is 4.79 Å². The van der Waals surface area contributed by atoms with Crippen LogP contribution >= 0.6 is 0 Å². The molecule has 3 nitrogen and oxygen atoms in total. The van der Waals surface area contributed by atoms with E-state index >= 15 is 0 Å². The number of hydrogen-bond acceptors (Lipinski definition) is 2. The molecule has 1 N–H and O–H groups in total. The quantitative estimate of drug-likeness (QED) is 0.924. The summed E-state index contributed by atoms with van der Waals surface area (Å²) in [6.45, 7) is 2.62. The number of rotatable bonds is 3. The summed E-state index contributed by atoms with van der Waals surface area (Å²) in [5.41, 5.74) is 0.854. The molecular weight excluding hydrogens is 269 g/mol. The smallest absolute Gasteiger partial charge is 0.336 e. The molecule has 0 aliphatic carbocycles. The fraction of sp³-hybridized carbons (Fsp3) is 0.500. The lowest BCUT2D eigenvalue weighted by Gasteiger charge is -2.28. The molecule has 1 saturated heterocycles. The fourth-order valence-corrected chi connectivity index (χ4v) is 2.26. The highest BCUT2D eigenvalue weighted by Crippen LogP contribution is 2.24. The van der Waals surface area contributed by atoms with E-state index < -0.39 is 12.6 Å². The highest BCUT2D eigenvalue weighted by atomic mass is 19.4. The Labute approximate surface area is 115 Å². The van der Waals surface area contributed by atoms with E-state index in [1.54, 1.807) is 29.2 Å². The molecule has 20 heavy (non-hydrogen) atoms. The predicted octanol–water partition coefficient (Wildman–Crippen LogP) is 2.23. The summed E-state index contributed by atoms with van der Waals surface area (Å²) in [5, 5.41) is 3.14. The van der Waals surface area contributed by atoms with Gasteiger partial charge in [0.05, 0.1) is 0 Å². The van der Waals surface area contributed by atoms with Gasteiger partial charge in [0.1, 0.15) is 0 Å². The molecule has 1 heterocycles. The Morgan fingerprint density at radius 3 is 2.50 bits per heavy atom. The standard InChI is InChI=1S/C14H17F3N2O/c15-14(16,17)6-5-11-3-1-2-4-12(11)13(20)19-9-7-18-8-10-19/h1-4,18H,5-10H2. The van der Waals surface area contributed by atoms with Crippen LogP contribution in [0.2, 0.25) is 0 Å². The van der Waals surface area contributed by atoms with Crippen molar-refractivity contribution in [2.24, 2.45) is 0 Å². The van der Waals surface area contributed by atoms with E-state index in [0.717, 1.165) is 13.1 Å². The second kappa shape index (κ2) is 6.26. The van der Waals surface area contributed by atoms with Crippen LogP contribution in [0.3, 0.4) is 0 Å². The third kappa shape index (κ3) is 3.96. The highest BCUT2D eigenvalue weighted by Gasteiger charge is 2.28. The van der Waals surface area contributed by atoms with Gasteiger partial charge in [-0.2, -0.15) is 13.2 Å². The summed E-state index contributed by atoms with van der Waals surface area (Å²) in [7, 11) is 0. The second-order valence-electron chi connectivity index (χ2n) is 4.81. The Bertz CT molecular complexity index is 468. The SMILES string of the molecule is O=C(c1ccccc1CCC(F)(F)F)N1CCNCC1. The molecule has 6 heteroatoms. The van der Waals surface area contributed by atoms with Crippen LogP contribution in [0.15, 0.2) is 24.3 Å². The molecule has 0 spiro atoms. The van der Waals surface area contributed by atoms with E-state index in [2.05, 4.69) is 5.32 Å². The van der Waals surface area contributed by atoms with Gasteiger partial charge in [-0.1, -0.05) is 18.2 Å². The molecule has 110 valence electrons. The first-order valence-corrected chi connectivity index (χ1v) is 6.62. The fourth-order valence-electron chi connectivity index (χ4n) is 2.26. The molecule has 0 bridgehead atoms. The molecular formula is C14H17F3N2O. The Balaban J connectivity index is 2.12. The minimum atomic E-state index is -4.20. The second-order valence-corrected chi connectivity index (χ2v) is 4.81. The summed E-state index contributed by atoms with van der Waals surface area (Å²) in [6.07, 6.45) is -5.26. The summed E-state index contributed by atoms with van der Waals surface area (Å²) in [4.78, 5) is 14.0. The van der Waals surface area contributed by atoms with Crippen LogP contribution in [0, 0.1) is 0 Å². The molecule has 1 aromatic rings. The first-order valence-electron chi connectivity index (χ1n) is 6.62. The number of alkyl halides is 3. The van der Waals surface area contributed by atoms with Crippen LogP contribution in [0.5, 0.6) is 0 Å². The number of nitrogens with one attached hydrogen (secondary N) is 1. The molecule has 2 rings (SSSR count). The van der Waals surface area contributed by atoms with Crippen molar-refractivity contribution in [3.05, 3.63) is 35.4 Å². The molecule has 1 fully saturated rings. The Hall–Kier alpha value is -1.56. The first-order chi connectivity index (χ1) is 9.47. The maximum atomic E-state index is 12.4. The number of carbonyl (C=O) groups is 1. The van der Waals surface area contributed by atoms with Crippen LogP contribution in [0.1, 0.15) is 22.3 Å². The minimum absolute atomic E-state index is 0.155. The van der Waals surface area contributed by atoms with Crippen molar-refractivity contribution < 1.29 is 18.0 Å². The highest BCUT2D eigenvalue weighted by molar-refractivity contribution is 5.95. The van der Waals surface area contributed by atoms with Crippen LogP contribution in [-0.4, -0.2) is 43.2 Å². The van der Waals surface area contributed by atoms with Gasteiger partial charge in [0.15, 0.2) is 0 Å². The van der Waals surface area contributed by atoms with E-state index in [1.165, 1.54) is 0 Å². The van der Waals surface area contributed by atoms with Crippen molar-refractivity contribution in [2.45, 2.75) is 19.0 Å². The van der Waals surface area contributed by atoms with Crippen LogP contribution in [0.25, 0.3) is 0 Å². The zero-order chi connectivity index (χ0) is 14.6. The summed E-state index contributed by atoms with van der Waals surface area (Å²) >= 11 is 0. The van der Waals surface area contributed by atoms with E-state index in [1.807, 2.05) is 0 Å². The predicted molar refractivity (Wildman–Crippen MR) is 69.6 cm³/mol. The van der Waals surface area contributed by atoms with Crippen molar-refractivity contribution in [3.8, 4) is 0 Å². The van der Waals surface area contributed by atoms with E-state index in [-0.39, 0.29) is 12.3 Å². The van der Waals surface area contributed by atoms with Crippen LogP contribution in [-0.2, 0) is 6.42 Å². The number of nitrogens with zero attached hydrogens (tertiary/aromatic N) is 1. The van der Waals surface area contributed by atoms with Gasteiger partial charge < -0.3 is 10.2 Å². The average molecular weight is 286 g/mol. The first kappa shape index (κ1) is 14.8. The molecule has 1 aromatic carbocycles. The molecule has 0 atom stereocenters. The zero-order valence-corrected chi connectivity index (χ0v) is 11.0. The van der Waals surface area contributed by atoms with Gasteiger partial charge in [0, 0.05) is 38.2 Å². The van der Waals surface area contributed by atoms with Gasteiger partial charge in [-0.25, -0.2) is 0 Å². The van der Waals surface area contributed by atoms with Gasteiger partial charge >= 0.3 is 6.18 Å². The van der Waals surface area contributed by atoms with Crippen molar-refractivity contribution in [2.75, 3.05) is 26.2 Å². The summed E-state index contributed by atoms with van der Waals surface area (Å²) in [5.74, 6) is -0.177. The van der Waals surface area contributed by atoms with Gasteiger partial charge in [0.2, 0.25) is 0 Å². The van der Waals surface area contributed by atoms with Crippen molar-refractivity contribution in [1.29, 1.82) is 0 Å². The average Bonchev–Trinajstić information content (AvgIpc) is 2.45. The molecule has 0 aromatic heterocycles. The largest absolute Gasteiger partial charge is 0.389 e.